The largest absolute Gasteiger partial charge is 0.352 e. The average Bonchev–Trinajstić information content (AvgIpc) is 3.18. The molecule has 1 unspecified atom stereocenters. The van der Waals surface area contributed by atoms with Gasteiger partial charge in [-0.1, -0.05) is 17.7 Å². The zero-order valence-electron chi connectivity index (χ0n) is 11.9. The van der Waals surface area contributed by atoms with Gasteiger partial charge in [0.15, 0.2) is 0 Å². The molecule has 0 radical (unpaired) electrons. The SMILES string of the molecule is O=C(NCc1ccc(F)c(Cl)c1)C1CC12CCS(=O)(=O)CC2. The molecule has 1 amide bonds. The summed E-state index contributed by atoms with van der Waals surface area (Å²) in [7, 11) is -2.91. The first-order valence-corrected chi connectivity index (χ1v) is 9.43. The molecule has 2 fully saturated rings. The van der Waals surface area contributed by atoms with Crippen molar-refractivity contribution in [3.8, 4) is 0 Å². The number of carbonyl (C=O) groups excluding carboxylic acids is 1. The fourth-order valence-electron chi connectivity index (χ4n) is 3.18. The lowest BCUT2D eigenvalue weighted by Crippen LogP contribution is -2.31. The Hall–Kier alpha value is -1.14. The summed E-state index contributed by atoms with van der Waals surface area (Å²) in [4.78, 5) is 12.2. The van der Waals surface area contributed by atoms with Crippen LogP contribution in [0.25, 0.3) is 0 Å². The minimum absolute atomic E-state index is 0.0344. The number of hydrogen-bond acceptors (Lipinski definition) is 3. The predicted molar refractivity (Wildman–Crippen MR) is 81.7 cm³/mol. The zero-order chi connectivity index (χ0) is 16.0. The Kier molecular flexibility index (Phi) is 3.93. The van der Waals surface area contributed by atoms with Crippen LogP contribution in [0.5, 0.6) is 0 Å². The van der Waals surface area contributed by atoms with Gasteiger partial charge in [0, 0.05) is 12.5 Å². The normalized spacial score (nSPS) is 24.9. The fraction of sp³-hybridized carbons (Fsp3) is 0.533. The van der Waals surface area contributed by atoms with E-state index in [4.69, 9.17) is 11.6 Å². The van der Waals surface area contributed by atoms with Crippen LogP contribution in [0, 0.1) is 17.2 Å². The van der Waals surface area contributed by atoms with Crippen LogP contribution < -0.4 is 5.32 Å². The molecule has 2 aliphatic rings. The number of hydrogen-bond donors (Lipinski definition) is 1. The number of carbonyl (C=O) groups is 1. The first-order chi connectivity index (χ1) is 10.3. The molecule has 1 atom stereocenters. The molecule has 0 aromatic heterocycles. The predicted octanol–water partition coefficient (Wildman–Crippen LogP) is 2.31. The summed E-state index contributed by atoms with van der Waals surface area (Å²) in [5.74, 6) is -0.269. The van der Waals surface area contributed by atoms with E-state index >= 15 is 0 Å². The summed E-state index contributed by atoms with van der Waals surface area (Å²) >= 11 is 5.70. The molecule has 120 valence electrons. The van der Waals surface area contributed by atoms with Crippen LogP contribution in [0.2, 0.25) is 5.02 Å². The third kappa shape index (κ3) is 3.13. The van der Waals surface area contributed by atoms with Crippen LogP contribution in [0.15, 0.2) is 18.2 Å². The second-order valence-corrected chi connectivity index (χ2v) is 8.95. The van der Waals surface area contributed by atoms with Gasteiger partial charge in [-0.2, -0.15) is 0 Å². The molecule has 3 rings (SSSR count). The Morgan fingerprint density at radius 1 is 1.36 bits per heavy atom. The van der Waals surface area contributed by atoms with Crippen LogP contribution >= 0.6 is 11.6 Å². The highest BCUT2D eigenvalue weighted by Gasteiger charge is 2.59. The number of rotatable bonds is 3. The van der Waals surface area contributed by atoms with Crippen molar-refractivity contribution in [1.82, 2.24) is 5.32 Å². The van der Waals surface area contributed by atoms with Crippen LogP contribution in [0.4, 0.5) is 4.39 Å². The van der Waals surface area contributed by atoms with Crippen molar-refractivity contribution in [2.75, 3.05) is 11.5 Å². The second kappa shape index (κ2) is 5.49. The smallest absolute Gasteiger partial charge is 0.223 e. The number of sulfone groups is 1. The molecule has 1 N–H and O–H groups in total. The maximum Gasteiger partial charge on any atom is 0.223 e. The van der Waals surface area contributed by atoms with Gasteiger partial charge in [0.25, 0.3) is 0 Å². The maximum atomic E-state index is 13.1. The highest BCUT2D eigenvalue weighted by Crippen LogP contribution is 2.59. The average molecular weight is 346 g/mol. The molecule has 1 aliphatic carbocycles. The van der Waals surface area contributed by atoms with Gasteiger partial charge in [-0.05, 0) is 42.4 Å². The van der Waals surface area contributed by atoms with Crippen LogP contribution in [0.3, 0.4) is 0 Å². The molecule has 1 aliphatic heterocycles. The Morgan fingerprint density at radius 2 is 2.05 bits per heavy atom. The molecule has 1 aromatic carbocycles. The quantitative estimate of drug-likeness (QED) is 0.914. The molecule has 7 heteroatoms. The number of halogens is 2. The summed E-state index contributed by atoms with van der Waals surface area (Å²) in [6.07, 6.45) is 1.92. The van der Waals surface area contributed by atoms with Crippen molar-refractivity contribution in [2.24, 2.45) is 11.3 Å². The summed E-state index contributed by atoms with van der Waals surface area (Å²) in [6.45, 7) is 0.295. The first kappa shape index (κ1) is 15.7. The zero-order valence-corrected chi connectivity index (χ0v) is 13.5. The van der Waals surface area contributed by atoms with Gasteiger partial charge in [-0.15, -0.1) is 0 Å². The number of nitrogens with one attached hydrogen (secondary N) is 1. The van der Waals surface area contributed by atoms with E-state index in [0.717, 1.165) is 12.0 Å². The first-order valence-electron chi connectivity index (χ1n) is 7.23. The lowest BCUT2D eigenvalue weighted by Gasteiger charge is -2.22. The molecule has 22 heavy (non-hydrogen) atoms. The topological polar surface area (TPSA) is 63.2 Å². The van der Waals surface area contributed by atoms with Gasteiger partial charge in [0.05, 0.1) is 16.5 Å². The van der Waals surface area contributed by atoms with E-state index in [1.807, 2.05) is 0 Å². The van der Waals surface area contributed by atoms with Crippen molar-refractivity contribution >= 4 is 27.3 Å². The molecule has 1 saturated heterocycles. The van der Waals surface area contributed by atoms with E-state index in [1.165, 1.54) is 12.1 Å². The molecule has 1 saturated carbocycles. The van der Waals surface area contributed by atoms with Gasteiger partial charge in [0.2, 0.25) is 5.91 Å². The van der Waals surface area contributed by atoms with Crippen LogP contribution in [-0.4, -0.2) is 25.8 Å². The van der Waals surface area contributed by atoms with Gasteiger partial charge in [0.1, 0.15) is 15.7 Å². The number of benzene rings is 1. The number of amides is 1. The summed E-state index contributed by atoms with van der Waals surface area (Å²) in [5.41, 5.74) is 0.621. The Balaban J connectivity index is 1.55. The van der Waals surface area contributed by atoms with Crippen molar-refractivity contribution < 1.29 is 17.6 Å². The second-order valence-electron chi connectivity index (χ2n) is 6.24. The minimum atomic E-state index is -2.91. The van der Waals surface area contributed by atoms with Crippen molar-refractivity contribution in [3.05, 3.63) is 34.6 Å². The van der Waals surface area contributed by atoms with E-state index in [2.05, 4.69) is 5.32 Å². The monoisotopic (exact) mass is 345 g/mol. The fourth-order valence-corrected chi connectivity index (χ4v) is 5.02. The Morgan fingerprint density at radius 3 is 2.68 bits per heavy atom. The van der Waals surface area contributed by atoms with E-state index in [1.54, 1.807) is 6.07 Å². The maximum absolute atomic E-state index is 13.1. The summed E-state index contributed by atoms with van der Waals surface area (Å²) < 4.78 is 36.0. The van der Waals surface area contributed by atoms with E-state index in [9.17, 15) is 17.6 Å². The lowest BCUT2D eigenvalue weighted by atomic mass is 9.96. The standard InChI is InChI=1S/C15H17ClFNO3S/c16-12-7-10(1-2-13(12)17)9-18-14(19)11-8-15(11)3-5-22(20,21)6-4-15/h1-2,7,11H,3-6,8-9H2,(H,18,19). The van der Waals surface area contributed by atoms with Crippen molar-refractivity contribution in [2.45, 2.75) is 25.8 Å². The lowest BCUT2D eigenvalue weighted by molar-refractivity contribution is -0.123. The third-order valence-corrected chi connectivity index (χ3v) is 6.72. The van der Waals surface area contributed by atoms with E-state index < -0.39 is 15.7 Å². The minimum Gasteiger partial charge on any atom is -0.352 e. The van der Waals surface area contributed by atoms with Gasteiger partial charge < -0.3 is 5.32 Å². The Bertz CT molecular complexity index is 705. The van der Waals surface area contributed by atoms with Gasteiger partial charge >= 0.3 is 0 Å². The molecule has 4 nitrogen and oxygen atoms in total. The van der Waals surface area contributed by atoms with Crippen molar-refractivity contribution in [1.29, 1.82) is 0 Å². The van der Waals surface area contributed by atoms with Gasteiger partial charge in [-0.25, -0.2) is 12.8 Å². The van der Waals surface area contributed by atoms with Crippen LogP contribution in [0.1, 0.15) is 24.8 Å². The summed E-state index contributed by atoms with van der Waals surface area (Å²) in [6, 6.07) is 4.35. The molecule has 1 aromatic rings. The van der Waals surface area contributed by atoms with E-state index in [0.29, 0.717) is 19.4 Å². The molecule has 1 spiro atoms. The van der Waals surface area contributed by atoms with E-state index in [-0.39, 0.29) is 33.8 Å². The third-order valence-electron chi connectivity index (χ3n) is 4.78. The van der Waals surface area contributed by atoms with Gasteiger partial charge in [-0.3, -0.25) is 4.79 Å². The molecule has 0 bridgehead atoms. The highest BCUT2D eigenvalue weighted by molar-refractivity contribution is 7.91. The Labute approximate surface area is 134 Å². The highest BCUT2D eigenvalue weighted by atomic mass is 35.5. The molecular weight excluding hydrogens is 329 g/mol. The molecule has 1 heterocycles. The summed E-state index contributed by atoms with van der Waals surface area (Å²) in [5, 5.41) is 2.86. The molecular formula is C15H17ClFNO3S. The van der Waals surface area contributed by atoms with Crippen LogP contribution in [-0.2, 0) is 21.2 Å². The van der Waals surface area contributed by atoms with Crippen molar-refractivity contribution in [3.63, 3.8) is 0 Å².